The van der Waals surface area contributed by atoms with Crippen LogP contribution in [0.1, 0.15) is 45.2 Å². The van der Waals surface area contributed by atoms with Crippen molar-refractivity contribution < 1.29 is 5.11 Å². The molecular formula is C19H25NO. The fourth-order valence-electron chi connectivity index (χ4n) is 3.70. The second kappa shape index (κ2) is 5.69. The number of phenols is 1. The fraction of sp³-hybridized carbons (Fsp3) is 0.474. The average Bonchev–Trinajstić information content (AvgIpc) is 2.50. The third-order valence-corrected chi connectivity index (χ3v) is 5.30. The molecule has 2 heteroatoms. The third kappa shape index (κ3) is 2.53. The molecule has 21 heavy (non-hydrogen) atoms. The predicted molar refractivity (Wildman–Crippen MR) is 88.6 cm³/mol. The molecule has 1 aliphatic rings. The zero-order chi connectivity index (χ0) is 15.0. The Morgan fingerprint density at radius 1 is 1.14 bits per heavy atom. The van der Waals surface area contributed by atoms with Gasteiger partial charge in [-0.3, -0.25) is 4.90 Å². The van der Waals surface area contributed by atoms with Gasteiger partial charge in [-0.2, -0.15) is 0 Å². The van der Waals surface area contributed by atoms with Crippen molar-refractivity contribution in [1.29, 1.82) is 0 Å². The minimum absolute atomic E-state index is 0.257. The van der Waals surface area contributed by atoms with Gasteiger partial charge in [0.2, 0.25) is 0 Å². The lowest BCUT2D eigenvalue weighted by molar-refractivity contribution is 0.0744. The molecule has 0 amide bonds. The Bertz CT molecular complexity index is 636. The standard InChI is InChI=1S/C19H25NO/c1-13-7-6-12-20(14(13)2)15(3)17-11-10-16-8-4-5-9-18(16)19(17)21/h4-5,8-11,13-15,21H,6-7,12H2,1-3H3. The van der Waals surface area contributed by atoms with E-state index in [1.54, 1.807) is 0 Å². The van der Waals surface area contributed by atoms with Gasteiger partial charge in [0.05, 0.1) is 0 Å². The number of rotatable bonds is 2. The molecular weight excluding hydrogens is 258 g/mol. The quantitative estimate of drug-likeness (QED) is 0.861. The second-order valence-electron chi connectivity index (χ2n) is 6.50. The van der Waals surface area contributed by atoms with Crippen molar-refractivity contribution >= 4 is 10.8 Å². The number of nitrogens with zero attached hydrogens (tertiary/aromatic N) is 1. The van der Waals surface area contributed by atoms with E-state index in [0.717, 1.165) is 28.8 Å². The number of phenolic OH excluding ortho intramolecular Hbond substituents is 1. The molecule has 3 unspecified atom stereocenters. The maximum Gasteiger partial charge on any atom is 0.128 e. The van der Waals surface area contributed by atoms with Crippen LogP contribution in [-0.2, 0) is 0 Å². The molecule has 1 heterocycles. The fourth-order valence-corrected chi connectivity index (χ4v) is 3.70. The summed E-state index contributed by atoms with van der Waals surface area (Å²) in [6.07, 6.45) is 2.57. The van der Waals surface area contributed by atoms with Crippen molar-refractivity contribution in [3.05, 3.63) is 42.0 Å². The van der Waals surface area contributed by atoms with Gasteiger partial charge >= 0.3 is 0 Å². The van der Waals surface area contributed by atoms with Crippen LogP contribution < -0.4 is 0 Å². The first-order chi connectivity index (χ1) is 10.1. The molecule has 0 aliphatic carbocycles. The van der Waals surface area contributed by atoms with Gasteiger partial charge in [0.25, 0.3) is 0 Å². The highest BCUT2D eigenvalue weighted by Gasteiger charge is 2.30. The van der Waals surface area contributed by atoms with Gasteiger partial charge in [-0.25, -0.2) is 0 Å². The molecule has 1 saturated heterocycles. The highest BCUT2D eigenvalue weighted by atomic mass is 16.3. The van der Waals surface area contributed by atoms with Gasteiger partial charge in [-0.05, 0) is 44.5 Å². The van der Waals surface area contributed by atoms with Crippen molar-refractivity contribution in [1.82, 2.24) is 4.90 Å². The van der Waals surface area contributed by atoms with E-state index in [9.17, 15) is 5.11 Å². The Morgan fingerprint density at radius 2 is 1.90 bits per heavy atom. The first kappa shape index (κ1) is 14.4. The van der Waals surface area contributed by atoms with Gasteiger partial charge in [-0.15, -0.1) is 0 Å². The summed E-state index contributed by atoms with van der Waals surface area (Å²) in [4.78, 5) is 2.54. The van der Waals surface area contributed by atoms with Crippen LogP contribution in [-0.4, -0.2) is 22.6 Å². The molecule has 112 valence electrons. The summed E-state index contributed by atoms with van der Waals surface area (Å²) < 4.78 is 0. The van der Waals surface area contributed by atoms with Crippen molar-refractivity contribution in [2.75, 3.05) is 6.54 Å². The molecule has 1 N–H and O–H groups in total. The zero-order valence-corrected chi connectivity index (χ0v) is 13.2. The lowest BCUT2D eigenvalue weighted by Crippen LogP contribution is -2.43. The van der Waals surface area contributed by atoms with Crippen molar-refractivity contribution in [3.63, 3.8) is 0 Å². The number of hydrogen-bond acceptors (Lipinski definition) is 2. The van der Waals surface area contributed by atoms with Crippen LogP contribution in [0, 0.1) is 5.92 Å². The third-order valence-electron chi connectivity index (χ3n) is 5.30. The van der Waals surface area contributed by atoms with Crippen LogP contribution in [0.4, 0.5) is 0 Å². The average molecular weight is 283 g/mol. The van der Waals surface area contributed by atoms with Crippen LogP contribution in [0.3, 0.4) is 0 Å². The molecule has 0 spiro atoms. The smallest absolute Gasteiger partial charge is 0.128 e. The van der Waals surface area contributed by atoms with E-state index >= 15 is 0 Å². The largest absolute Gasteiger partial charge is 0.507 e. The lowest BCUT2D eigenvalue weighted by atomic mass is 9.89. The van der Waals surface area contributed by atoms with Crippen LogP contribution in [0.15, 0.2) is 36.4 Å². The van der Waals surface area contributed by atoms with Crippen LogP contribution >= 0.6 is 0 Å². The predicted octanol–water partition coefficient (Wildman–Crippen LogP) is 4.73. The summed E-state index contributed by atoms with van der Waals surface area (Å²) in [6, 6.07) is 13.1. The zero-order valence-electron chi connectivity index (χ0n) is 13.2. The molecule has 0 aromatic heterocycles. The molecule has 1 aliphatic heterocycles. The normalized spacial score (nSPS) is 25.1. The monoisotopic (exact) mass is 283 g/mol. The number of benzene rings is 2. The molecule has 2 nitrogen and oxygen atoms in total. The minimum atomic E-state index is 0.257. The van der Waals surface area contributed by atoms with E-state index in [2.05, 4.69) is 43.9 Å². The maximum atomic E-state index is 10.7. The Kier molecular flexibility index (Phi) is 3.90. The first-order valence-electron chi connectivity index (χ1n) is 8.06. The Balaban J connectivity index is 1.97. The Morgan fingerprint density at radius 3 is 2.71 bits per heavy atom. The van der Waals surface area contributed by atoms with E-state index < -0.39 is 0 Å². The number of hydrogen-bond donors (Lipinski definition) is 1. The number of piperidine rings is 1. The summed E-state index contributed by atoms with van der Waals surface area (Å²) in [5, 5.41) is 12.7. The van der Waals surface area contributed by atoms with Gasteiger partial charge in [0, 0.05) is 23.0 Å². The van der Waals surface area contributed by atoms with Gasteiger partial charge < -0.3 is 5.11 Å². The summed E-state index contributed by atoms with van der Waals surface area (Å²) in [5.74, 6) is 1.18. The Hall–Kier alpha value is -1.54. The van der Waals surface area contributed by atoms with E-state index in [1.165, 1.54) is 12.8 Å². The molecule has 1 fully saturated rings. The molecule has 0 saturated carbocycles. The molecule has 2 aromatic carbocycles. The van der Waals surface area contributed by atoms with E-state index in [0.29, 0.717) is 11.8 Å². The van der Waals surface area contributed by atoms with Gasteiger partial charge in [0.1, 0.15) is 5.75 Å². The highest BCUT2D eigenvalue weighted by molar-refractivity contribution is 5.89. The van der Waals surface area contributed by atoms with E-state index in [4.69, 9.17) is 0 Å². The first-order valence-corrected chi connectivity index (χ1v) is 8.06. The topological polar surface area (TPSA) is 23.5 Å². The molecule has 0 bridgehead atoms. The van der Waals surface area contributed by atoms with Crippen LogP contribution in [0.5, 0.6) is 5.75 Å². The highest BCUT2D eigenvalue weighted by Crippen LogP contribution is 2.38. The lowest BCUT2D eigenvalue weighted by Gasteiger charge is -2.42. The van der Waals surface area contributed by atoms with Crippen molar-refractivity contribution in [2.24, 2.45) is 5.92 Å². The van der Waals surface area contributed by atoms with E-state index in [-0.39, 0.29) is 6.04 Å². The molecule has 2 aromatic rings. The van der Waals surface area contributed by atoms with Crippen LogP contribution in [0.25, 0.3) is 10.8 Å². The molecule has 3 rings (SSSR count). The van der Waals surface area contributed by atoms with Gasteiger partial charge in [-0.1, -0.05) is 43.3 Å². The number of aromatic hydroxyl groups is 1. The number of fused-ring (bicyclic) bond motifs is 1. The second-order valence-corrected chi connectivity index (χ2v) is 6.50. The summed E-state index contributed by atoms with van der Waals surface area (Å²) >= 11 is 0. The maximum absolute atomic E-state index is 10.7. The summed E-state index contributed by atoms with van der Waals surface area (Å²) in [5.41, 5.74) is 1.05. The molecule has 0 radical (unpaired) electrons. The van der Waals surface area contributed by atoms with Crippen molar-refractivity contribution in [3.8, 4) is 5.75 Å². The van der Waals surface area contributed by atoms with Gasteiger partial charge in [0.15, 0.2) is 0 Å². The van der Waals surface area contributed by atoms with Crippen LogP contribution in [0.2, 0.25) is 0 Å². The number of likely N-dealkylation sites (tertiary alicyclic amines) is 1. The molecule has 3 atom stereocenters. The van der Waals surface area contributed by atoms with E-state index in [1.807, 2.05) is 18.2 Å². The summed E-state index contributed by atoms with van der Waals surface area (Å²) in [6.45, 7) is 8.00. The summed E-state index contributed by atoms with van der Waals surface area (Å²) in [7, 11) is 0. The Labute approximate surface area is 127 Å². The SMILES string of the molecule is CC1CCCN(C(C)c2ccc3ccccc3c2O)C1C. The van der Waals surface area contributed by atoms with Crippen molar-refractivity contribution in [2.45, 2.75) is 45.7 Å². The minimum Gasteiger partial charge on any atom is -0.507 e.